The standard InChI is InChI=1S/C17H26N2OS/c1-12-9-10-21-16(12)11-19(2)17(20)15-8-7-13-5-3-4-6-14(13)18-15/h9-10,13-15,18H,3-8,11H2,1-2H3. The molecule has 1 aliphatic heterocycles. The first-order valence-corrected chi connectivity index (χ1v) is 9.07. The van der Waals surface area contributed by atoms with Crippen LogP contribution in [0.4, 0.5) is 0 Å². The first-order valence-electron chi connectivity index (χ1n) is 8.19. The molecule has 0 spiro atoms. The summed E-state index contributed by atoms with van der Waals surface area (Å²) in [5, 5.41) is 5.75. The van der Waals surface area contributed by atoms with Crippen molar-refractivity contribution in [2.24, 2.45) is 5.92 Å². The van der Waals surface area contributed by atoms with Crippen LogP contribution in [0.25, 0.3) is 0 Å². The maximum absolute atomic E-state index is 12.7. The third-order valence-corrected chi connectivity index (χ3v) is 6.18. The Labute approximate surface area is 131 Å². The Kier molecular flexibility index (Phi) is 4.65. The number of nitrogens with one attached hydrogen (secondary N) is 1. The van der Waals surface area contributed by atoms with Gasteiger partial charge in [0, 0.05) is 18.0 Å². The summed E-state index contributed by atoms with van der Waals surface area (Å²) in [7, 11) is 1.94. The summed E-state index contributed by atoms with van der Waals surface area (Å²) in [4.78, 5) is 15.9. The molecule has 1 N–H and O–H groups in total. The van der Waals surface area contributed by atoms with Crippen molar-refractivity contribution in [1.82, 2.24) is 10.2 Å². The Morgan fingerprint density at radius 2 is 2.14 bits per heavy atom. The fourth-order valence-corrected chi connectivity index (χ4v) is 4.77. The molecular formula is C17H26N2OS. The van der Waals surface area contributed by atoms with Crippen molar-refractivity contribution in [3.05, 3.63) is 21.9 Å². The number of nitrogens with zero attached hydrogens (tertiary/aromatic N) is 1. The van der Waals surface area contributed by atoms with Crippen LogP contribution in [0.2, 0.25) is 0 Å². The van der Waals surface area contributed by atoms with Crippen LogP contribution >= 0.6 is 11.3 Å². The molecule has 21 heavy (non-hydrogen) atoms. The Morgan fingerprint density at radius 1 is 1.33 bits per heavy atom. The lowest BCUT2D eigenvalue weighted by Crippen LogP contribution is -2.55. The highest BCUT2D eigenvalue weighted by atomic mass is 32.1. The van der Waals surface area contributed by atoms with E-state index >= 15 is 0 Å². The highest BCUT2D eigenvalue weighted by Crippen LogP contribution is 2.32. The number of amides is 1. The van der Waals surface area contributed by atoms with Gasteiger partial charge in [-0.1, -0.05) is 12.8 Å². The summed E-state index contributed by atoms with van der Waals surface area (Å²) < 4.78 is 0. The van der Waals surface area contributed by atoms with E-state index in [9.17, 15) is 4.79 Å². The van der Waals surface area contributed by atoms with Gasteiger partial charge in [-0.3, -0.25) is 4.79 Å². The summed E-state index contributed by atoms with van der Waals surface area (Å²) in [5.41, 5.74) is 1.29. The Morgan fingerprint density at radius 3 is 2.90 bits per heavy atom. The molecule has 0 bridgehead atoms. The lowest BCUT2D eigenvalue weighted by molar-refractivity contribution is -0.134. The lowest BCUT2D eigenvalue weighted by Gasteiger charge is -2.40. The van der Waals surface area contributed by atoms with Crippen molar-refractivity contribution in [2.75, 3.05) is 7.05 Å². The minimum absolute atomic E-state index is 0.0367. The number of fused-ring (bicyclic) bond motifs is 1. The van der Waals surface area contributed by atoms with Gasteiger partial charge in [0.15, 0.2) is 0 Å². The maximum atomic E-state index is 12.7. The minimum Gasteiger partial charge on any atom is -0.339 e. The largest absolute Gasteiger partial charge is 0.339 e. The van der Waals surface area contributed by atoms with Crippen molar-refractivity contribution in [1.29, 1.82) is 0 Å². The van der Waals surface area contributed by atoms with Gasteiger partial charge in [-0.05, 0) is 55.5 Å². The van der Waals surface area contributed by atoms with E-state index < -0.39 is 0 Å². The molecule has 1 saturated carbocycles. The second-order valence-corrected chi connectivity index (χ2v) is 7.67. The first-order chi connectivity index (χ1) is 10.1. The molecule has 0 radical (unpaired) electrons. The van der Waals surface area contributed by atoms with Gasteiger partial charge >= 0.3 is 0 Å². The van der Waals surface area contributed by atoms with Crippen molar-refractivity contribution in [3.8, 4) is 0 Å². The molecule has 1 amide bonds. The molecule has 2 aliphatic rings. The van der Waals surface area contributed by atoms with Gasteiger partial charge in [0.1, 0.15) is 0 Å². The number of carbonyl (C=O) groups excluding carboxylic acids is 1. The number of carbonyl (C=O) groups is 1. The molecule has 2 fully saturated rings. The number of likely N-dealkylation sites (N-methyl/N-ethyl adjacent to an activating group) is 1. The number of hydrogen-bond donors (Lipinski definition) is 1. The molecule has 2 heterocycles. The zero-order valence-electron chi connectivity index (χ0n) is 13.1. The monoisotopic (exact) mass is 306 g/mol. The maximum Gasteiger partial charge on any atom is 0.239 e. The van der Waals surface area contributed by atoms with Crippen LogP contribution in [0, 0.1) is 12.8 Å². The highest BCUT2D eigenvalue weighted by Gasteiger charge is 2.35. The third-order valence-electron chi connectivity index (χ3n) is 5.17. The highest BCUT2D eigenvalue weighted by molar-refractivity contribution is 7.10. The van der Waals surface area contributed by atoms with Crippen LogP contribution in [-0.4, -0.2) is 29.9 Å². The van der Waals surface area contributed by atoms with Crippen LogP contribution in [0.1, 0.15) is 49.0 Å². The zero-order valence-corrected chi connectivity index (χ0v) is 13.9. The number of piperidine rings is 1. The third kappa shape index (κ3) is 3.32. The van der Waals surface area contributed by atoms with Crippen LogP contribution in [0.3, 0.4) is 0 Å². The van der Waals surface area contributed by atoms with Gasteiger partial charge in [-0.25, -0.2) is 0 Å². The van der Waals surface area contributed by atoms with Crippen LogP contribution in [0.15, 0.2) is 11.4 Å². The van der Waals surface area contributed by atoms with Crippen molar-refractivity contribution in [3.63, 3.8) is 0 Å². The van der Waals surface area contributed by atoms with Gasteiger partial charge in [-0.2, -0.15) is 0 Å². The number of thiophene rings is 1. The van der Waals surface area contributed by atoms with E-state index in [1.165, 1.54) is 42.5 Å². The topological polar surface area (TPSA) is 32.3 Å². The first kappa shape index (κ1) is 15.0. The molecule has 3 unspecified atom stereocenters. The van der Waals surface area contributed by atoms with Gasteiger partial charge in [0.25, 0.3) is 0 Å². The molecule has 4 heteroatoms. The summed E-state index contributed by atoms with van der Waals surface area (Å²) in [6.07, 6.45) is 7.52. The van der Waals surface area contributed by atoms with Crippen molar-refractivity contribution in [2.45, 2.75) is 64.1 Å². The number of hydrogen-bond acceptors (Lipinski definition) is 3. The predicted molar refractivity (Wildman–Crippen MR) is 87.4 cm³/mol. The minimum atomic E-state index is 0.0367. The second kappa shape index (κ2) is 6.49. The summed E-state index contributed by atoms with van der Waals surface area (Å²) in [6, 6.07) is 2.75. The van der Waals surface area contributed by atoms with Gasteiger partial charge in [-0.15, -0.1) is 11.3 Å². The Balaban J connectivity index is 1.58. The summed E-state index contributed by atoms with van der Waals surface area (Å²) in [5.74, 6) is 1.08. The van der Waals surface area contributed by atoms with E-state index in [1.807, 2.05) is 11.9 Å². The van der Waals surface area contributed by atoms with E-state index in [1.54, 1.807) is 11.3 Å². The van der Waals surface area contributed by atoms with E-state index in [0.29, 0.717) is 6.04 Å². The fraction of sp³-hybridized carbons (Fsp3) is 0.706. The van der Waals surface area contributed by atoms with E-state index in [0.717, 1.165) is 18.9 Å². The number of aryl methyl sites for hydroxylation is 1. The van der Waals surface area contributed by atoms with Gasteiger partial charge in [0.05, 0.1) is 12.6 Å². The normalized spacial score (nSPS) is 29.0. The predicted octanol–water partition coefficient (Wildman–Crippen LogP) is 3.33. The quantitative estimate of drug-likeness (QED) is 0.929. The van der Waals surface area contributed by atoms with Crippen LogP contribution in [-0.2, 0) is 11.3 Å². The summed E-state index contributed by atoms with van der Waals surface area (Å²) in [6.45, 7) is 2.87. The molecule has 1 saturated heterocycles. The van der Waals surface area contributed by atoms with Crippen molar-refractivity contribution < 1.29 is 4.79 Å². The number of rotatable bonds is 3. The lowest BCUT2D eigenvalue weighted by atomic mass is 9.77. The van der Waals surface area contributed by atoms with Crippen LogP contribution < -0.4 is 5.32 Å². The Bertz CT molecular complexity index is 499. The molecule has 3 nitrogen and oxygen atoms in total. The van der Waals surface area contributed by atoms with E-state index in [4.69, 9.17) is 0 Å². The zero-order chi connectivity index (χ0) is 14.8. The van der Waals surface area contributed by atoms with E-state index in [2.05, 4.69) is 23.7 Å². The molecule has 0 aromatic carbocycles. The SMILES string of the molecule is Cc1ccsc1CN(C)C(=O)C1CCC2CCCCC2N1. The van der Waals surface area contributed by atoms with Crippen molar-refractivity contribution >= 4 is 17.2 Å². The summed E-state index contributed by atoms with van der Waals surface area (Å²) >= 11 is 1.75. The average molecular weight is 306 g/mol. The molecule has 3 atom stereocenters. The average Bonchev–Trinajstić information content (AvgIpc) is 2.91. The molecule has 1 aromatic rings. The smallest absolute Gasteiger partial charge is 0.239 e. The Hall–Kier alpha value is -0.870. The molecule has 3 rings (SSSR count). The van der Waals surface area contributed by atoms with Crippen LogP contribution in [0.5, 0.6) is 0 Å². The molecular weight excluding hydrogens is 280 g/mol. The fourth-order valence-electron chi connectivity index (χ4n) is 3.82. The molecule has 1 aliphatic carbocycles. The van der Waals surface area contributed by atoms with Gasteiger partial charge in [0.2, 0.25) is 5.91 Å². The second-order valence-electron chi connectivity index (χ2n) is 6.67. The van der Waals surface area contributed by atoms with Gasteiger partial charge < -0.3 is 10.2 Å². The molecule has 1 aromatic heterocycles. The van der Waals surface area contributed by atoms with E-state index in [-0.39, 0.29) is 11.9 Å². The molecule has 116 valence electrons.